The van der Waals surface area contributed by atoms with Crippen molar-refractivity contribution in [3.8, 4) is 33.0 Å². The van der Waals surface area contributed by atoms with Gasteiger partial charge in [0.05, 0.1) is 28.5 Å². The summed E-state index contributed by atoms with van der Waals surface area (Å²) in [4.78, 5) is 21.1. The number of rotatable bonds is 5. The van der Waals surface area contributed by atoms with E-state index in [-0.39, 0.29) is 6.42 Å². The lowest BCUT2D eigenvalue weighted by atomic mass is 9.93. The highest BCUT2D eigenvalue weighted by molar-refractivity contribution is 7.22. The minimum absolute atomic E-state index is 0.0628. The Morgan fingerprint density at radius 3 is 2.56 bits per heavy atom. The highest BCUT2D eigenvalue weighted by Crippen LogP contribution is 2.41. The monoisotopic (exact) mass is 488 g/mol. The number of fused-ring (bicyclic) bond motifs is 1. The molecule has 0 saturated heterocycles. The number of carboxylic acid groups (broad SMARTS) is 1. The molecule has 0 amide bonds. The van der Waals surface area contributed by atoms with Crippen LogP contribution in [0.1, 0.15) is 16.8 Å². The summed E-state index contributed by atoms with van der Waals surface area (Å²) in [5.74, 6) is -0.868. The second-order valence-corrected chi connectivity index (χ2v) is 9.62. The van der Waals surface area contributed by atoms with Crippen LogP contribution in [0.3, 0.4) is 0 Å². The number of carbonyl (C=O) groups is 1. The zero-order valence-corrected chi connectivity index (χ0v) is 20.4. The number of nitrogens with zero attached hydrogens (tertiary/aromatic N) is 4. The minimum atomic E-state index is -0.868. The molecule has 2 aromatic carbocycles. The highest BCUT2D eigenvalue weighted by atomic mass is 35.5. The van der Waals surface area contributed by atoms with Crippen molar-refractivity contribution in [1.29, 1.82) is 0 Å². The van der Waals surface area contributed by atoms with Gasteiger partial charge < -0.3 is 5.11 Å². The molecular weight excluding hydrogens is 468 g/mol. The lowest BCUT2D eigenvalue weighted by Crippen LogP contribution is -2.04. The van der Waals surface area contributed by atoms with Gasteiger partial charge in [0.1, 0.15) is 5.01 Å². The second-order valence-electron chi connectivity index (χ2n) is 8.19. The summed E-state index contributed by atoms with van der Waals surface area (Å²) in [6.45, 7) is 3.95. The second kappa shape index (κ2) is 8.66. The lowest BCUT2D eigenvalue weighted by Gasteiger charge is -2.13. The van der Waals surface area contributed by atoms with Crippen LogP contribution in [0.25, 0.3) is 43.2 Å². The first-order valence-electron chi connectivity index (χ1n) is 10.7. The maximum absolute atomic E-state index is 11.7. The Kier molecular flexibility index (Phi) is 5.67. The molecule has 6 nitrogen and oxygen atoms in total. The zero-order chi connectivity index (χ0) is 24.0. The maximum atomic E-state index is 11.7. The predicted molar refractivity (Wildman–Crippen MR) is 136 cm³/mol. The van der Waals surface area contributed by atoms with Crippen LogP contribution in [-0.4, -0.2) is 30.8 Å². The lowest BCUT2D eigenvalue weighted by molar-refractivity contribution is -0.136. The zero-order valence-electron chi connectivity index (χ0n) is 18.8. The topological polar surface area (TPSA) is 80.9 Å². The van der Waals surface area contributed by atoms with Crippen LogP contribution >= 0.6 is 22.9 Å². The molecule has 0 aliphatic carbocycles. The fourth-order valence-corrected chi connectivity index (χ4v) is 5.38. The van der Waals surface area contributed by atoms with Crippen molar-refractivity contribution in [1.82, 2.24) is 19.7 Å². The smallest absolute Gasteiger partial charge is 0.307 e. The summed E-state index contributed by atoms with van der Waals surface area (Å²) in [6.07, 6.45) is 3.54. The van der Waals surface area contributed by atoms with Crippen molar-refractivity contribution in [2.24, 2.45) is 7.05 Å². The van der Waals surface area contributed by atoms with E-state index in [1.54, 1.807) is 17.5 Å². The average molecular weight is 489 g/mol. The van der Waals surface area contributed by atoms with Crippen LogP contribution in [0.2, 0.25) is 5.02 Å². The van der Waals surface area contributed by atoms with E-state index in [1.807, 2.05) is 74.2 Å². The van der Waals surface area contributed by atoms with Crippen molar-refractivity contribution >= 4 is 39.1 Å². The molecule has 0 radical (unpaired) electrons. The van der Waals surface area contributed by atoms with Gasteiger partial charge in [0.25, 0.3) is 0 Å². The number of aryl methyl sites for hydroxylation is 2. The molecule has 1 N–H and O–H groups in total. The van der Waals surface area contributed by atoms with Gasteiger partial charge in [-0.25, -0.2) is 4.98 Å². The summed E-state index contributed by atoms with van der Waals surface area (Å²) in [7, 11) is 1.91. The molecule has 0 fully saturated rings. The maximum Gasteiger partial charge on any atom is 0.307 e. The Bertz CT molecular complexity index is 1550. The first kappa shape index (κ1) is 22.3. The Morgan fingerprint density at radius 1 is 1.12 bits per heavy atom. The molecule has 34 heavy (non-hydrogen) atoms. The molecule has 170 valence electrons. The van der Waals surface area contributed by atoms with E-state index in [0.29, 0.717) is 5.02 Å². The molecule has 0 aliphatic rings. The molecule has 3 heterocycles. The van der Waals surface area contributed by atoms with Gasteiger partial charge in [-0.15, -0.1) is 11.3 Å². The van der Waals surface area contributed by atoms with Gasteiger partial charge in [-0.2, -0.15) is 5.10 Å². The number of aromatic nitrogens is 4. The van der Waals surface area contributed by atoms with Gasteiger partial charge in [0.15, 0.2) is 0 Å². The number of thiazole rings is 1. The Hall–Kier alpha value is -3.55. The number of halogens is 1. The standard InChI is InChI=1S/C26H21ClN4O2S/c1-14-10-22-25(24(19(14)12-23(32)33)16-4-6-18(27)7-5-16)34-26(30-22)17-8-9-28-21(11-17)20-13-29-31(3)15(20)2/h4-11,13H,12H2,1-3H3,(H,32,33). The number of benzene rings is 2. The fraction of sp³-hybridized carbons (Fsp3) is 0.154. The van der Waals surface area contributed by atoms with Crippen molar-refractivity contribution in [3.05, 3.63) is 76.7 Å². The SMILES string of the molecule is Cc1cc2nc(-c3ccnc(-c4cnn(C)c4C)c3)sc2c(-c2ccc(Cl)cc2)c1CC(=O)O. The van der Waals surface area contributed by atoms with Crippen molar-refractivity contribution in [2.45, 2.75) is 20.3 Å². The molecule has 8 heteroatoms. The van der Waals surface area contributed by atoms with Crippen LogP contribution < -0.4 is 0 Å². The van der Waals surface area contributed by atoms with Crippen molar-refractivity contribution in [2.75, 3.05) is 0 Å². The van der Waals surface area contributed by atoms with E-state index in [9.17, 15) is 9.90 Å². The van der Waals surface area contributed by atoms with Crippen LogP contribution in [0.5, 0.6) is 0 Å². The normalized spacial score (nSPS) is 11.3. The van der Waals surface area contributed by atoms with E-state index < -0.39 is 5.97 Å². The first-order chi connectivity index (χ1) is 16.3. The van der Waals surface area contributed by atoms with Crippen molar-refractivity contribution < 1.29 is 9.90 Å². The molecule has 3 aromatic heterocycles. The van der Waals surface area contributed by atoms with E-state index in [1.165, 1.54) is 0 Å². The Labute approximate surface area is 205 Å². The summed E-state index contributed by atoms with van der Waals surface area (Å²) < 4.78 is 2.78. The highest BCUT2D eigenvalue weighted by Gasteiger charge is 2.20. The van der Waals surface area contributed by atoms with Gasteiger partial charge in [0.2, 0.25) is 0 Å². The van der Waals surface area contributed by atoms with Gasteiger partial charge >= 0.3 is 5.97 Å². The summed E-state index contributed by atoms with van der Waals surface area (Å²) in [5, 5.41) is 15.4. The largest absolute Gasteiger partial charge is 0.481 e. The van der Waals surface area contributed by atoms with E-state index in [4.69, 9.17) is 16.6 Å². The Balaban J connectivity index is 1.70. The number of pyridine rings is 1. The minimum Gasteiger partial charge on any atom is -0.481 e. The summed E-state index contributed by atoms with van der Waals surface area (Å²) in [5.41, 5.74) is 8.16. The molecule has 0 saturated carbocycles. The van der Waals surface area contributed by atoms with Gasteiger partial charge in [-0.3, -0.25) is 14.5 Å². The molecule has 0 aliphatic heterocycles. The number of hydrogen-bond acceptors (Lipinski definition) is 5. The number of aliphatic carboxylic acids is 1. The third-order valence-corrected chi connectivity index (χ3v) is 7.38. The van der Waals surface area contributed by atoms with E-state index in [2.05, 4.69) is 10.1 Å². The molecule has 0 atom stereocenters. The molecule has 5 aromatic rings. The number of carboxylic acids is 1. The van der Waals surface area contributed by atoms with Gasteiger partial charge in [-0.05, 0) is 60.9 Å². The van der Waals surface area contributed by atoms with Gasteiger partial charge in [0, 0.05) is 40.7 Å². The van der Waals surface area contributed by atoms with Crippen molar-refractivity contribution in [3.63, 3.8) is 0 Å². The fourth-order valence-electron chi connectivity index (χ4n) is 4.12. The first-order valence-corrected chi connectivity index (χ1v) is 11.9. The van der Waals surface area contributed by atoms with Crippen LogP contribution in [0.4, 0.5) is 0 Å². The molecule has 0 spiro atoms. The summed E-state index contributed by atoms with van der Waals surface area (Å²) in [6, 6.07) is 13.4. The third kappa shape index (κ3) is 3.97. The summed E-state index contributed by atoms with van der Waals surface area (Å²) >= 11 is 7.67. The quantitative estimate of drug-likeness (QED) is 0.313. The van der Waals surface area contributed by atoms with Crippen LogP contribution in [0, 0.1) is 13.8 Å². The van der Waals surface area contributed by atoms with Gasteiger partial charge in [-0.1, -0.05) is 23.7 Å². The van der Waals surface area contributed by atoms with E-state index in [0.717, 1.165) is 60.0 Å². The third-order valence-electron chi connectivity index (χ3n) is 5.99. The molecule has 5 rings (SSSR count). The molecule has 0 unspecified atom stereocenters. The molecular formula is C26H21ClN4O2S. The van der Waals surface area contributed by atoms with E-state index >= 15 is 0 Å². The molecule has 0 bridgehead atoms. The average Bonchev–Trinajstić information content (AvgIpc) is 3.38. The predicted octanol–water partition coefficient (Wildman–Crippen LogP) is 6.32. The van der Waals surface area contributed by atoms with Crippen LogP contribution in [-0.2, 0) is 18.3 Å². The Morgan fingerprint density at radius 2 is 1.88 bits per heavy atom. The number of hydrogen-bond donors (Lipinski definition) is 1. The van der Waals surface area contributed by atoms with Crippen LogP contribution in [0.15, 0.2) is 54.9 Å².